The number of aromatic nitrogens is 2. The van der Waals surface area contributed by atoms with Gasteiger partial charge < -0.3 is 15.2 Å². The average molecular weight is 382 g/mol. The zero-order valence-corrected chi connectivity index (χ0v) is 17.0. The Morgan fingerprint density at radius 3 is 2.67 bits per heavy atom. The van der Waals surface area contributed by atoms with E-state index in [1.54, 1.807) is 11.8 Å². The Kier molecular flexibility index (Phi) is 6.76. The summed E-state index contributed by atoms with van der Waals surface area (Å²) < 4.78 is 0. The van der Waals surface area contributed by atoms with Crippen LogP contribution in [-0.2, 0) is 13.0 Å². The van der Waals surface area contributed by atoms with Crippen molar-refractivity contribution < 1.29 is 0 Å². The van der Waals surface area contributed by atoms with Crippen LogP contribution >= 0.6 is 11.8 Å². The van der Waals surface area contributed by atoms with E-state index < -0.39 is 0 Å². The normalized spacial score (nSPS) is 11.7. The van der Waals surface area contributed by atoms with Gasteiger partial charge in [-0.15, -0.1) is 11.8 Å². The number of imidazole rings is 1. The molecule has 0 aliphatic carbocycles. The minimum Gasteiger partial charge on any atom is -0.357 e. The van der Waals surface area contributed by atoms with Crippen LogP contribution in [0.1, 0.15) is 18.3 Å². The first-order valence-corrected chi connectivity index (χ1v) is 10.5. The highest BCUT2D eigenvalue weighted by Crippen LogP contribution is 2.15. The summed E-state index contributed by atoms with van der Waals surface area (Å²) in [4.78, 5) is 16.2. The molecule has 6 heteroatoms. The molecule has 0 radical (unpaired) electrons. The lowest BCUT2D eigenvalue weighted by molar-refractivity contribution is 0.477. The molecule has 5 nitrogen and oxygen atoms in total. The summed E-state index contributed by atoms with van der Waals surface area (Å²) in [5.74, 6) is 1.90. The van der Waals surface area contributed by atoms with Crippen molar-refractivity contribution in [3.8, 4) is 0 Å². The molecule has 0 aliphatic heterocycles. The number of thioether (sulfide) groups is 1. The van der Waals surface area contributed by atoms with Crippen LogP contribution in [0.3, 0.4) is 0 Å². The van der Waals surface area contributed by atoms with Gasteiger partial charge in [0.05, 0.1) is 11.0 Å². The average Bonchev–Trinajstić information content (AvgIpc) is 3.10. The number of nitrogens with one attached hydrogen (secondary N) is 2. The third-order valence-corrected chi connectivity index (χ3v) is 5.07. The highest BCUT2D eigenvalue weighted by Gasteiger charge is 2.07. The minimum absolute atomic E-state index is 0.692. The molecule has 3 aromatic rings. The van der Waals surface area contributed by atoms with Gasteiger partial charge in [0.2, 0.25) is 0 Å². The van der Waals surface area contributed by atoms with Crippen molar-refractivity contribution in [2.45, 2.75) is 24.8 Å². The van der Waals surface area contributed by atoms with Crippen molar-refractivity contribution in [2.75, 3.05) is 26.4 Å². The van der Waals surface area contributed by atoms with E-state index in [2.05, 4.69) is 70.7 Å². The van der Waals surface area contributed by atoms with Crippen LogP contribution in [0.2, 0.25) is 0 Å². The fraction of sp³-hybridized carbons (Fsp3) is 0.333. The number of para-hydroxylation sites is 2. The van der Waals surface area contributed by atoms with E-state index in [0.717, 1.165) is 42.3 Å². The number of aromatic amines is 1. The predicted molar refractivity (Wildman–Crippen MR) is 115 cm³/mol. The lowest BCUT2D eigenvalue weighted by Crippen LogP contribution is -2.38. The van der Waals surface area contributed by atoms with Gasteiger partial charge in [-0.05, 0) is 43.0 Å². The van der Waals surface area contributed by atoms with Gasteiger partial charge in [0.25, 0.3) is 0 Å². The molecule has 0 aliphatic rings. The van der Waals surface area contributed by atoms with Crippen molar-refractivity contribution in [3.63, 3.8) is 0 Å². The SMILES string of the molecule is CCNC(=NCCc1nc2ccccc2[nH]1)N(C)Cc1ccc(SC)cc1. The maximum Gasteiger partial charge on any atom is 0.193 e. The Hall–Kier alpha value is -2.47. The lowest BCUT2D eigenvalue weighted by atomic mass is 10.2. The molecule has 142 valence electrons. The lowest BCUT2D eigenvalue weighted by Gasteiger charge is -2.22. The molecule has 0 atom stereocenters. The number of H-pyrrole nitrogens is 1. The Balaban J connectivity index is 1.62. The molecule has 0 fully saturated rings. The smallest absolute Gasteiger partial charge is 0.193 e. The molecule has 0 bridgehead atoms. The molecule has 3 rings (SSSR count). The molecule has 0 amide bonds. The number of hydrogen-bond donors (Lipinski definition) is 2. The summed E-state index contributed by atoms with van der Waals surface area (Å²) in [6, 6.07) is 16.8. The second-order valence-electron chi connectivity index (χ2n) is 6.39. The Bertz CT molecular complexity index is 852. The molecule has 0 saturated heterocycles. The molecular formula is C21H27N5S. The summed E-state index contributed by atoms with van der Waals surface area (Å²) in [6.07, 6.45) is 2.89. The van der Waals surface area contributed by atoms with Gasteiger partial charge in [0.1, 0.15) is 5.82 Å². The van der Waals surface area contributed by atoms with Crippen molar-refractivity contribution in [1.29, 1.82) is 0 Å². The highest BCUT2D eigenvalue weighted by atomic mass is 32.2. The molecular weight excluding hydrogens is 354 g/mol. The Morgan fingerprint density at radius 2 is 1.96 bits per heavy atom. The van der Waals surface area contributed by atoms with Crippen molar-refractivity contribution >= 4 is 28.8 Å². The van der Waals surface area contributed by atoms with Crippen LogP contribution in [0, 0.1) is 0 Å². The number of fused-ring (bicyclic) bond motifs is 1. The van der Waals surface area contributed by atoms with E-state index in [9.17, 15) is 0 Å². The number of guanidine groups is 1. The van der Waals surface area contributed by atoms with Gasteiger partial charge in [-0.1, -0.05) is 24.3 Å². The number of rotatable bonds is 7. The van der Waals surface area contributed by atoms with Crippen LogP contribution in [0.5, 0.6) is 0 Å². The summed E-state index contributed by atoms with van der Waals surface area (Å²) >= 11 is 1.76. The van der Waals surface area contributed by atoms with Gasteiger partial charge in [-0.2, -0.15) is 0 Å². The van der Waals surface area contributed by atoms with Gasteiger partial charge >= 0.3 is 0 Å². The van der Waals surface area contributed by atoms with Crippen molar-refractivity contribution in [1.82, 2.24) is 20.2 Å². The fourth-order valence-corrected chi connectivity index (χ4v) is 3.35. The van der Waals surface area contributed by atoms with E-state index in [1.807, 2.05) is 18.2 Å². The van der Waals surface area contributed by atoms with Crippen LogP contribution in [0.4, 0.5) is 0 Å². The van der Waals surface area contributed by atoms with Crippen LogP contribution in [0.25, 0.3) is 11.0 Å². The minimum atomic E-state index is 0.692. The predicted octanol–water partition coefficient (Wildman–Crippen LogP) is 3.92. The molecule has 0 spiro atoms. The highest BCUT2D eigenvalue weighted by molar-refractivity contribution is 7.98. The van der Waals surface area contributed by atoms with Crippen molar-refractivity contribution in [2.24, 2.45) is 4.99 Å². The third-order valence-electron chi connectivity index (χ3n) is 4.32. The summed E-state index contributed by atoms with van der Waals surface area (Å²) in [5.41, 5.74) is 3.36. The molecule has 27 heavy (non-hydrogen) atoms. The zero-order valence-electron chi connectivity index (χ0n) is 16.2. The van der Waals surface area contributed by atoms with E-state index in [0.29, 0.717) is 6.54 Å². The van der Waals surface area contributed by atoms with Gasteiger partial charge in [-0.25, -0.2) is 4.98 Å². The van der Waals surface area contributed by atoms with Crippen molar-refractivity contribution in [3.05, 3.63) is 59.9 Å². The first-order chi connectivity index (χ1) is 13.2. The summed E-state index contributed by atoms with van der Waals surface area (Å²) in [7, 11) is 2.07. The first-order valence-electron chi connectivity index (χ1n) is 9.25. The number of hydrogen-bond acceptors (Lipinski definition) is 3. The molecule has 2 N–H and O–H groups in total. The van der Waals surface area contributed by atoms with E-state index in [4.69, 9.17) is 4.99 Å². The van der Waals surface area contributed by atoms with Crippen LogP contribution in [-0.4, -0.2) is 47.2 Å². The molecule has 1 aromatic heterocycles. The quantitative estimate of drug-likeness (QED) is 0.370. The third kappa shape index (κ3) is 5.26. The van der Waals surface area contributed by atoms with Crippen LogP contribution in [0.15, 0.2) is 58.4 Å². The standard InChI is InChI=1S/C21H27N5S/c1-4-22-21(26(2)15-16-9-11-17(27-3)12-10-16)23-14-13-20-24-18-7-5-6-8-19(18)25-20/h5-12H,4,13-15H2,1-3H3,(H,22,23)(H,24,25). The molecule has 2 aromatic carbocycles. The topological polar surface area (TPSA) is 56.3 Å². The maximum atomic E-state index is 4.78. The number of nitrogens with zero attached hydrogens (tertiary/aromatic N) is 3. The number of aliphatic imine (C=N–C) groups is 1. The van der Waals surface area contributed by atoms with Gasteiger partial charge in [-0.3, -0.25) is 4.99 Å². The monoisotopic (exact) mass is 381 g/mol. The van der Waals surface area contributed by atoms with E-state index >= 15 is 0 Å². The Morgan fingerprint density at radius 1 is 1.19 bits per heavy atom. The number of benzene rings is 2. The summed E-state index contributed by atoms with van der Waals surface area (Å²) in [5, 5.41) is 3.38. The van der Waals surface area contributed by atoms with Crippen LogP contribution < -0.4 is 5.32 Å². The molecule has 0 unspecified atom stereocenters. The molecule has 1 heterocycles. The van der Waals surface area contributed by atoms with E-state index in [1.165, 1.54) is 10.5 Å². The second-order valence-corrected chi connectivity index (χ2v) is 7.27. The van der Waals surface area contributed by atoms with Gasteiger partial charge in [0, 0.05) is 38.0 Å². The Labute approximate surface area is 165 Å². The maximum absolute atomic E-state index is 4.78. The zero-order chi connectivity index (χ0) is 19.1. The largest absolute Gasteiger partial charge is 0.357 e. The first kappa shape index (κ1) is 19.3. The summed E-state index contributed by atoms with van der Waals surface area (Å²) in [6.45, 7) is 4.46. The molecule has 0 saturated carbocycles. The van der Waals surface area contributed by atoms with Gasteiger partial charge in [0.15, 0.2) is 5.96 Å². The fourth-order valence-electron chi connectivity index (χ4n) is 2.94. The second kappa shape index (κ2) is 9.46. The van der Waals surface area contributed by atoms with E-state index in [-0.39, 0.29) is 0 Å².